The number of nitrogens with one attached hydrogen (secondary N) is 1. The highest BCUT2D eigenvalue weighted by Crippen LogP contribution is 2.24. The molecule has 142 valence electrons. The van der Waals surface area contributed by atoms with Crippen molar-refractivity contribution in [2.24, 2.45) is 0 Å². The van der Waals surface area contributed by atoms with E-state index < -0.39 is 5.97 Å². The van der Waals surface area contributed by atoms with Crippen LogP contribution in [0.2, 0.25) is 0 Å². The zero-order valence-electron chi connectivity index (χ0n) is 15.1. The Labute approximate surface area is 161 Å². The number of nitrogens with zero attached hydrogens (tertiary/aromatic N) is 4. The largest absolute Gasteiger partial charge is 0.478 e. The third kappa shape index (κ3) is 3.75. The van der Waals surface area contributed by atoms with Gasteiger partial charge in [-0.2, -0.15) is 0 Å². The van der Waals surface area contributed by atoms with Gasteiger partial charge in [0.15, 0.2) is 0 Å². The van der Waals surface area contributed by atoms with Crippen molar-refractivity contribution in [3.8, 4) is 11.4 Å². The maximum atomic E-state index is 12.6. The van der Waals surface area contributed by atoms with Crippen LogP contribution < -0.4 is 0 Å². The van der Waals surface area contributed by atoms with Gasteiger partial charge in [0.2, 0.25) is 5.91 Å². The van der Waals surface area contributed by atoms with Crippen molar-refractivity contribution in [1.29, 1.82) is 0 Å². The second-order valence-electron chi connectivity index (χ2n) is 6.66. The molecule has 1 aromatic carbocycles. The number of aromatic amines is 1. The van der Waals surface area contributed by atoms with Gasteiger partial charge in [0, 0.05) is 43.5 Å². The molecule has 0 saturated carbocycles. The lowest BCUT2D eigenvalue weighted by atomic mass is 10.1. The van der Waals surface area contributed by atoms with Gasteiger partial charge in [0.1, 0.15) is 5.82 Å². The third-order valence-corrected chi connectivity index (χ3v) is 4.78. The quantitative estimate of drug-likeness (QED) is 0.704. The van der Waals surface area contributed by atoms with Crippen LogP contribution in [0.15, 0.2) is 42.9 Å². The maximum Gasteiger partial charge on any atom is 0.335 e. The van der Waals surface area contributed by atoms with Gasteiger partial charge in [-0.15, -0.1) is 0 Å². The average molecular weight is 377 g/mol. The summed E-state index contributed by atoms with van der Waals surface area (Å²) in [5.74, 6) is -0.277. The minimum absolute atomic E-state index is 0.0697. The number of fused-ring (bicyclic) bond motifs is 1. The topological polar surface area (TPSA) is 112 Å². The normalized spacial score (nSPS) is 13.2. The number of benzene rings is 1. The monoisotopic (exact) mass is 377 g/mol. The highest BCUT2D eigenvalue weighted by atomic mass is 16.4. The number of imidazole rings is 1. The molecule has 0 saturated heterocycles. The molecular weight excluding hydrogens is 358 g/mol. The number of carbonyl (C=O) groups is 2. The summed E-state index contributed by atoms with van der Waals surface area (Å²) in [5, 5.41) is 9.16. The number of carboxylic acids is 1. The fourth-order valence-corrected chi connectivity index (χ4v) is 3.30. The van der Waals surface area contributed by atoms with E-state index >= 15 is 0 Å². The number of carboxylic acid groups (broad SMARTS) is 1. The highest BCUT2D eigenvalue weighted by Gasteiger charge is 2.24. The Kier molecular flexibility index (Phi) is 4.84. The molecule has 0 unspecified atom stereocenters. The molecule has 28 heavy (non-hydrogen) atoms. The predicted molar refractivity (Wildman–Crippen MR) is 100 cm³/mol. The van der Waals surface area contributed by atoms with Crippen molar-refractivity contribution in [2.45, 2.75) is 25.8 Å². The SMILES string of the molecule is O=C(O)c1cccc(-c2nc3c([nH]2)CN(C(=O)CCc2cnccn2)CC3)c1. The van der Waals surface area contributed by atoms with E-state index in [0.717, 1.165) is 22.6 Å². The molecule has 3 aromatic rings. The van der Waals surface area contributed by atoms with E-state index in [9.17, 15) is 9.59 Å². The molecule has 2 N–H and O–H groups in total. The molecule has 4 rings (SSSR count). The van der Waals surface area contributed by atoms with Gasteiger partial charge in [-0.1, -0.05) is 12.1 Å². The van der Waals surface area contributed by atoms with Gasteiger partial charge < -0.3 is 15.0 Å². The van der Waals surface area contributed by atoms with Crippen molar-refractivity contribution in [1.82, 2.24) is 24.8 Å². The van der Waals surface area contributed by atoms with Crippen LogP contribution in [0.1, 0.15) is 33.9 Å². The first-order valence-corrected chi connectivity index (χ1v) is 9.04. The van der Waals surface area contributed by atoms with Crippen LogP contribution in [0, 0.1) is 0 Å². The first-order chi connectivity index (χ1) is 13.6. The summed E-state index contributed by atoms with van der Waals surface area (Å²) >= 11 is 0. The van der Waals surface area contributed by atoms with E-state index in [4.69, 9.17) is 5.11 Å². The van der Waals surface area contributed by atoms with E-state index in [1.54, 1.807) is 36.8 Å². The Morgan fingerprint density at radius 3 is 2.93 bits per heavy atom. The Bertz CT molecular complexity index is 1020. The summed E-state index contributed by atoms with van der Waals surface area (Å²) in [6.07, 6.45) is 6.52. The molecule has 0 bridgehead atoms. The van der Waals surface area contributed by atoms with Gasteiger partial charge in [-0.05, 0) is 18.6 Å². The number of hydrogen-bond acceptors (Lipinski definition) is 5. The molecule has 0 radical (unpaired) electrons. The van der Waals surface area contributed by atoms with Gasteiger partial charge in [0.05, 0.1) is 29.2 Å². The number of rotatable bonds is 5. The highest BCUT2D eigenvalue weighted by molar-refractivity contribution is 5.89. The van der Waals surface area contributed by atoms with E-state index in [2.05, 4.69) is 19.9 Å². The molecule has 8 heteroatoms. The third-order valence-electron chi connectivity index (χ3n) is 4.78. The van der Waals surface area contributed by atoms with Crippen molar-refractivity contribution in [3.63, 3.8) is 0 Å². The maximum absolute atomic E-state index is 12.6. The smallest absolute Gasteiger partial charge is 0.335 e. The number of hydrogen-bond donors (Lipinski definition) is 2. The minimum atomic E-state index is -0.974. The number of amides is 1. The van der Waals surface area contributed by atoms with Crippen LogP contribution in [0.4, 0.5) is 0 Å². The van der Waals surface area contributed by atoms with Crippen LogP contribution >= 0.6 is 0 Å². The number of aromatic carboxylic acids is 1. The van der Waals surface area contributed by atoms with Crippen molar-refractivity contribution in [3.05, 3.63) is 65.5 Å². The average Bonchev–Trinajstić information content (AvgIpc) is 3.16. The molecule has 1 aliphatic rings. The molecular formula is C20H19N5O3. The Morgan fingerprint density at radius 2 is 2.14 bits per heavy atom. The van der Waals surface area contributed by atoms with Crippen molar-refractivity contribution < 1.29 is 14.7 Å². The lowest BCUT2D eigenvalue weighted by Crippen LogP contribution is -2.36. The second-order valence-corrected chi connectivity index (χ2v) is 6.66. The first kappa shape index (κ1) is 17.8. The lowest BCUT2D eigenvalue weighted by Gasteiger charge is -2.26. The van der Waals surface area contributed by atoms with Crippen molar-refractivity contribution >= 4 is 11.9 Å². The van der Waals surface area contributed by atoms with E-state index in [0.29, 0.717) is 38.2 Å². The molecule has 1 aliphatic heterocycles. The minimum Gasteiger partial charge on any atom is -0.478 e. The molecule has 0 fully saturated rings. The second kappa shape index (κ2) is 7.59. The predicted octanol–water partition coefficient (Wildman–Crippen LogP) is 2.08. The first-order valence-electron chi connectivity index (χ1n) is 9.04. The van der Waals surface area contributed by atoms with Crippen LogP contribution in [-0.2, 0) is 24.2 Å². The number of H-pyrrole nitrogens is 1. The number of carbonyl (C=O) groups excluding carboxylic acids is 1. The summed E-state index contributed by atoms with van der Waals surface area (Å²) in [6, 6.07) is 6.66. The summed E-state index contributed by atoms with van der Waals surface area (Å²) in [4.78, 5) is 41.6. The summed E-state index contributed by atoms with van der Waals surface area (Å²) < 4.78 is 0. The molecule has 0 spiro atoms. The van der Waals surface area contributed by atoms with E-state index in [1.807, 2.05) is 11.0 Å². The molecule has 0 aliphatic carbocycles. The van der Waals surface area contributed by atoms with E-state index in [-0.39, 0.29) is 11.5 Å². The number of aromatic nitrogens is 4. The van der Waals surface area contributed by atoms with Crippen LogP contribution in [0.3, 0.4) is 0 Å². The molecule has 8 nitrogen and oxygen atoms in total. The molecule has 1 amide bonds. The zero-order chi connectivity index (χ0) is 19.5. The van der Waals surface area contributed by atoms with Gasteiger partial charge in [-0.3, -0.25) is 14.8 Å². The molecule has 0 atom stereocenters. The fourth-order valence-electron chi connectivity index (χ4n) is 3.30. The summed E-state index contributed by atoms with van der Waals surface area (Å²) in [6.45, 7) is 1.09. The Hall–Kier alpha value is -3.55. The van der Waals surface area contributed by atoms with E-state index in [1.165, 1.54) is 0 Å². The summed E-state index contributed by atoms with van der Waals surface area (Å²) in [5.41, 5.74) is 3.56. The van der Waals surface area contributed by atoms with Crippen LogP contribution in [-0.4, -0.2) is 48.4 Å². The van der Waals surface area contributed by atoms with Crippen molar-refractivity contribution in [2.75, 3.05) is 6.54 Å². The lowest BCUT2D eigenvalue weighted by molar-refractivity contribution is -0.132. The number of aryl methyl sites for hydroxylation is 1. The molecule has 3 heterocycles. The standard InChI is InChI=1S/C20H19N5O3/c26-18(5-4-15-11-21-7-8-22-15)25-9-6-16-17(12-25)24-19(23-16)13-2-1-3-14(10-13)20(27)28/h1-3,7-8,10-11H,4-6,9,12H2,(H,23,24)(H,27,28). The van der Waals surface area contributed by atoms with Gasteiger partial charge in [0.25, 0.3) is 0 Å². The fraction of sp³-hybridized carbons (Fsp3) is 0.250. The Morgan fingerprint density at radius 1 is 1.25 bits per heavy atom. The molecule has 2 aromatic heterocycles. The van der Waals surface area contributed by atoms with Gasteiger partial charge in [-0.25, -0.2) is 9.78 Å². The van der Waals surface area contributed by atoms with Gasteiger partial charge >= 0.3 is 5.97 Å². The summed E-state index contributed by atoms with van der Waals surface area (Å²) in [7, 11) is 0. The Balaban J connectivity index is 1.45. The van der Waals surface area contributed by atoms with Crippen LogP contribution in [0.25, 0.3) is 11.4 Å². The van der Waals surface area contributed by atoms with Crippen LogP contribution in [0.5, 0.6) is 0 Å². The zero-order valence-corrected chi connectivity index (χ0v) is 15.1.